The van der Waals surface area contributed by atoms with Gasteiger partial charge in [-0.1, -0.05) is 37.3 Å². The first-order chi connectivity index (χ1) is 11.4. The average molecular weight is 341 g/mol. The molecular formula is C19H20N2S2. The van der Waals surface area contributed by atoms with Crippen LogP contribution >= 0.6 is 23.1 Å². The Labute approximate surface area is 145 Å². The van der Waals surface area contributed by atoms with Crippen molar-refractivity contribution in [3.05, 3.63) is 40.8 Å². The van der Waals surface area contributed by atoms with Gasteiger partial charge in [0.25, 0.3) is 0 Å². The lowest BCUT2D eigenvalue weighted by Gasteiger charge is -2.12. The molecule has 0 saturated heterocycles. The first-order valence-corrected chi connectivity index (χ1v) is 10.2. The zero-order valence-electron chi connectivity index (χ0n) is 13.3. The second kappa shape index (κ2) is 6.62. The van der Waals surface area contributed by atoms with Crippen LogP contribution in [-0.4, -0.2) is 15.7 Å². The van der Waals surface area contributed by atoms with Crippen LogP contribution in [0.1, 0.15) is 36.6 Å². The Morgan fingerprint density at radius 1 is 1.09 bits per heavy atom. The lowest BCUT2D eigenvalue weighted by Crippen LogP contribution is -2.00. The van der Waals surface area contributed by atoms with Gasteiger partial charge < -0.3 is 0 Å². The molecule has 0 radical (unpaired) electrons. The number of thiophene rings is 1. The second-order valence-electron chi connectivity index (χ2n) is 5.96. The van der Waals surface area contributed by atoms with E-state index in [2.05, 4.69) is 31.2 Å². The molecule has 0 bridgehead atoms. The van der Waals surface area contributed by atoms with Crippen LogP contribution < -0.4 is 0 Å². The Morgan fingerprint density at radius 2 is 1.91 bits per heavy atom. The largest absolute Gasteiger partial charge is 0.221 e. The fraction of sp³-hybridized carbons (Fsp3) is 0.368. The Morgan fingerprint density at radius 3 is 2.74 bits per heavy atom. The van der Waals surface area contributed by atoms with E-state index in [1.54, 1.807) is 4.88 Å². The average Bonchev–Trinajstić information content (AvgIpc) is 2.99. The number of benzene rings is 1. The topological polar surface area (TPSA) is 25.8 Å². The predicted molar refractivity (Wildman–Crippen MR) is 101 cm³/mol. The van der Waals surface area contributed by atoms with Crippen molar-refractivity contribution < 1.29 is 0 Å². The maximum absolute atomic E-state index is 4.95. The van der Waals surface area contributed by atoms with Crippen LogP contribution in [0.3, 0.4) is 0 Å². The molecule has 0 unspecified atom stereocenters. The van der Waals surface area contributed by atoms with Crippen LogP contribution in [0, 0.1) is 0 Å². The fourth-order valence-corrected chi connectivity index (χ4v) is 5.38. The number of fused-ring (bicyclic) bond motifs is 3. The molecule has 0 N–H and O–H groups in total. The minimum atomic E-state index is 0.871. The summed E-state index contributed by atoms with van der Waals surface area (Å²) in [5, 5.41) is 2.54. The highest BCUT2D eigenvalue weighted by molar-refractivity contribution is 7.99. The van der Waals surface area contributed by atoms with Gasteiger partial charge >= 0.3 is 0 Å². The van der Waals surface area contributed by atoms with Gasteiger partial charge in [-0.2, -0.15) is 0 Å². The number of hydrogen-bond donors (Lipinski definition) is 0. The van der Waals surface area contributed by atoms with Gasteiger partial charge in [-0.25, -0.2) is 9.97 Å². The molecular weight excluding hydrogens is 320 g/mol. The van der Waals surface area contributed by atoms with Gasteiger partial charge in [0, 0.05) is 15.8 Å². The van der Waals surface area contributed by atoms with Crippen LogP contribution in [-0.2, 0) is 12.8 Å². The van der Waals surface area contributed by atoms with Crippen molar-refractivity contribution in [2.45, 2.75) is 44.1 Å². The van der Waals surface area contributed by atoms with Crippen molar-refractivity contribution in [1.82, 2.24) is 9.97 Å². The number of nitrogens with zero attached hydrogens (tertiary/aromatic N) is 2. The molecule has 0 amide bonds. The summed E-state index contributed by atoms with van der Waals surface area (Å²) < 4.78 is 0. The van der Waals surface area contributed by atoms with Crippen LogP contribution in [0.15, 0.2) is 35.4 Å². The third-order valence-corrected chi connectivity index (χ3v) is 6.62. The second-order valence-corrected chi connectivity index (χ2v) is 8.13. The first kappa shape index (κ1) is 15.2. The van der Waals surface area contributed by atoms with E-state index in [1.165, 1.54) is 52.9 Å². The van der Waals surface area contributed by atoms with Crippen LogP contribution in [0.4, 0.5) is 0 Å². The fourth-order valence-electron chi connectivity index (χ4n) is 3.14. The van der Waals surface area contributed by atoms with E-state index in [4.69, 9.17) is 9.97 Å². The summed E-state index contributed by atoms with van der Waals surface area (Å²) in [5.41, 5.74) is 2.65. The van der Waals surface area contributed by atoms with E-state index in [1.807, 2.05) is 29.2 Å². The minimum absolute atomic E-state index is 0.871. The van der Waals surface area contributed by atoms with E-state index in [-0.39, 0.29) is 0 Å². The highest BCUT2D eigenvalue weighted by Crippen LogP contribution is 2.40. The maximum Gasteiger partial charge on any atom is 0.162 e. The molecule has 1 aromatic carbocycles. The van der Waals surface area contributed by atoms with E-state index in [9.17, 15) is 0 Å². The predicted octanol–water partition coefficient (Wildman–Crippen LogP) is 5.74. The monoisotopic (exact) mass is 340 g/mol. The molecule has 0 aliphatic heterocycles. The molecule has 1 aliphatic carbocycles. The highest BCUT2D eigenvalue weighted by atomic mass is 32.2. The van der Waals surface area contributed by atoms with Gasteiger partial charge in [0.2, 0.25) is 0 Å². The molecule has 1 aliphatic rings. The molecule has 0 spiro atoms. The van der Waals surface area contributed by atoms with E-state index in [0.29, 0.717) is 0 Å². The Balaban J connectivity index is 1.90. The van der Waals surface area contributed by atoms with Gasteiger partial charge in [0.15, 0.2) is 5.82 Å². The van der Waals surface area contributed by atoms with Gasteiger partial charge in [0.05, 0.1) is 0 Å². The van der Waals surface area contributed by atoms with E-state index in [0.717, 1.165) is 17.1 Å². The van der Waals surface area contributed by atoms with Crippen molar-refractivity contribution in [3.63, 3.8) is 0 Å². The van der Waals surface area contributed by atoms with Crippen LogP contribution in [0.25, 0.3) is 21.6 Å². The molecule has 23 heavy (non-hydrogen) atoms. The molecule has 2 heterocycles. The number of thioether (sulfide) groups is 1. The highest BCUT2D eigenvalue weighted by Gasteiger charge is 2.21. The van der Waals surface area contributed by atoms with Crippen molar-refractivity contribution in [3.8, 4) is 11.4 Å². The molecule has 2 aromatic heterocycles. The summed E-state index contributed by atoms with van der Waals surface area (Å²) in [7, 11) is 0. The Bertz CT molecular complexity index is 824. The number of aryl methyl sites for hydroxylation is 2. The minimum Gasteiger partial charge on any atom is -0.221 e. The molecule has 0 atom stereocenters. The van der Waals surface area contributed by atoms with Gasteiger partial charge in [0.1, 0.15) is 9.86 Å². The molecule has 118 valence electrons. The smallest absolute Gasteiger partial charge is 0.162 e. The molecule has 4 heteroatoms. The summed E-state index contributed by atoms with van der Waals surface area (Å²) in [6.07, 6.45) is 6.20. The lowest BCUT2D eigenvalue weighted by molar-refractivity contribution is 0.699. The van der Waals surface area contributed by atoms with Gasteiger partial charge in [-0.15, -0.1) is 23.1 Å². The molecule has 0 fully saturated rings. The van der Waals surface area contributed by atoms with Crippen molar-refractivity contribution in [1.29, 1.82) is 0 Å². The van der Waals surface area contributed by atoms with Crippen LogP contribution in [0.2, 0.25) is 0 Å². The first-order valence-electron chi connectivity index (χ1n) is 8.37. The van der Waals surface area contributed by atoms with Crippen LogP contribution in [0.5, 0.6) is 0 Å². The Hall–Kier alpha value is -1.39. The normalized spacial score (nSPS) is 14.1. The summed E-state index contributed by atoms with van der Waals surface area (Å²) in [5.74, 6) is 1.99. The Kier molecular flexibility index (Phi) is 4.36. The summed E-state index contributed by atoms with van der Waals surface area (Å²) in [6.45, 7) is 2.23. The summed E-state index contributed by atoms with van der Waals surface area (Å²) >= 11 is 3.78. The maximum atomic E-state index is 4.95. The number of rotatable bonds is 4. The van der Waals surface area contributed by atoms with Gasteiger partial charge in [-0.3, -0.25) is 0 Å². The van der Waals surface area contributed by atoms with Crippen molar-refractivity contribution >= 4 is 33.3 Å². The standard InChI is InChI=1S/C19H20N2S2/c1-2-12-22-18-16-14-10-6-7-11-15(14)23-19(16)21-17(20-18)13-8-4-3-5-9-13/h3-5,8-9H,2,6-7,10-12H2,1H3. The zero-order valence-corrected chi connectivity index (χ0v) is 15.0. The third-order valence-electron chi connectivity index (χ3n) is 4.26. The quantitative estimate of drug-likeness (QED) is 0.447. The van der Waals surface area contributed by atoms with Crippen molar-refractivity contribution in [2.75, 3.05) is 5.75 Å². The van der Waals surface area contributed by atoms with Gasteiger partial charge in [-0.05, 0) is 43.4 Å². The third kappa shape index (κ3) is 2.90. The zero-order chi connectivity index (χ0) is 15.6. The number of hydrogen-bond acceptors (Lipinski definition) is 4. The molecule has 3 aromatic rings. The lowest BCUT2D eigenvalue weighted by atomic mass is 9.97. The molecule has 0 saturated carbocycles. The molecule has 2 nitrogen and oxygen atoms in total. The van der Waals surface area contributed by atoms with E-state index >= 15 is 0 Å². The van der Waals surface area contributed by atoms with Crippen molar-refractivity contribution in [2.24, 2.45) is 0 Å². The molecule has 4 rings (SSSR count). The van der Waals surface area contributed by atoms with E-state index < -0.39 is 0 Å². The number of aromatic nitrogens is 2. The summed E-state index contributed by atoms with van der Waals surface area (Å²) in [6, 6.07) is 10.4. The summed E-state index contributed by atoms with van der Waals surface area (Å²) in [4.78, 5) is 12.6. The SMILES string of the molecule is CCCSc1nc(-c2ccccc2)nc2sc3c(c12)CCCC3.